The van der Waals surface area contributed by atoms with Crippen molar-refractivity contribution in [2.75, 3.05) is 38.1 Å². The molecule has 1 aromatic carbocycles. The number of nitrogens with one attached hydrogen (secondary N) is 1. The van der Waals surface area contributed by atoms with Crippen LogP contribution in [0.25, 0.3) is 0 Å². The zero-order valence-electron chi connectivity index (χ0n) is 14.0. The smallest absolute Gasteiger partial charge is 0.241 e. The Morgan fingerprint density at radius 3 is 2.30 bits per heavy atom. The topological polar surface area (TPSA) is 61.9 Å². The summed E-state index contributed by atoms with van der Waals surface area (Å²) in [6.45, 7) is 8.82. The molecule has 2 amide bonds. The van der Waals surface area contributed by atoms with Crippen molar-refractivity contribution in [2.24, 2.45) is 0 Å². The first-order valence-electron chi connectivity index (χ1n) is 8.04. The summed E-state index contributed by atoms with van der Waals surface area (Å²) in [7, 11) is 0. The molecule has 0 spiro atoms. The molecule has 1 aliphatic heterocycles. The summed E-state index contributed by atoms with van der Waals surface area (Å²) in [5.74, 6) is 0.848. The van der Waals surface area contributed by atoms with Crippen molar-refractivity contribution < 1.29 is 14.3 Å². The summed E-state index contributed by atoms with van der Waals surface area (Å²) < 4.78 is 5.38. The molecule has 0 aliphatic carbocycles. The van der Waals surface area contributed by atoms with Gasteiger partial charge in [0.15, 0.2) is 0 Å². The Kier molecular flexibility index (Phi) is 5.98. The Balaban J connectivity index is 1.86. The lowest BCUT2D eigenvalue weighted by atomic mass is 10.2. The quantitative estimate of drug-likeness (QED) is 0.895. The van der Waals surface area contributed by atoms with E-state index >= 15 is 0 Å². The molecular weight excluding hydrogens is 294 g/mol. The second-order valence-electron chi connectivity index (χ2n) is 5.66. The summed E-state index contributed by atoms with van der Waals surface area (Å²) in [5, 5.41) is 2.93. The zero-order valence-corrected chi connectivity index (χ0v) is 14.0. The van der Waals surface area contributed by atoms with Gasteiger partial charge in [0.25, 0.3) is 0 Å². The van der Waals surface area contributed by atoms with Crippen molar-refractivity contribution in [2.45, 2.75) is 26.8 Å². The van der Waals surface area contributed by atoms with Gasteiger partial charge in [0, 0.05) is 38.8 Å². The van der Waals surface area contributed by atoms with Crippen LogP contribution in [0.3, 0.4) is 0 Å². The summed E-state index contributed by atoms with van der Waals surface area (Å²) in [6, 6.07) is 7.13. The predicted octanol–water partition coefficient (Wildman–Crippen LogP) is 1.58. The average molecular weight is 319 g/mol. The van der Waals surface area contributed by atoms with Gasteiger partial charge in [-0.1, -0.05) is 0 Å². The number of carbonyl (C=O) groups excluding carboxylic acids is 2. The lowest BCUT2D eigenvalue weighted by molar-refractivity contribution is -0.131. The third-order valence-electron chi connectivity index (χ3n) is 4.12. The Morgan fingerprint density at radius 2 is 1.78 bits per heavy atom. The normalized spacial score (nSPS) is 16.7. The molecule has 2 rings (SSSR count). The van der Waals surface area contributed by atoms with Gasteiger partial charge >= 0.3 is 0 Å². The van der Waals surface area contributed by atoms with Gasteiger partial charge in [0.05, 0.1) is 12.6 Å². The lowest BCUT2D eigenvalue weighted by Crippen LogP contribution is -2.53. The van der Waals surface area contributed by atoms with Gasteiger partial charge < -0.3 is 15.0 Å². The minimum Gasteiger partial charge on any atom is -0.494 e. The fourth-order valence-corrected chi connectivity index (χ4v) is 2.64. The molecule has 1 heterocycles. The van der Waals surface area contributed by atoms with Gasteiger partial charge in [-0.25, -0.2) is 0 Å². The highest BCUT2D eigenvalue weighted by Gasteiger charge is 2.26. The van der Waals surface area contributed by atoms with Crippen LogP contribution >= 0.6 is 0 Å². The van der Waals surface area contributed by atoms with E-state index < -0.39 is 0 Å². The van der Waals surface area contributed by atoms with Crippen LogP contribution in [0.2, 0.25) is 0 Å². The number of anilines is 1. The number of amides is 2. The highest BCUT2D eigenvalue weighted by molar-refractivity contribution is 5.94. The molecule has 6 nitrogen and oxygen atoms in total. The molecule has 1 atom stereocenters. The van der Waals surface area contributed by atoms with Gasteiger partial charge in [-0.3, -0.25) is 14.5 Å². The number of carbonyl (C=O) groups is 2. The molecule has 6 heteroatoms. The van der Waals surface area contributed by atoms with Crippen molar-refractivity contribution in [1.29, 1.82) is 0 Å². The van der Waals surface area contributed by atoms with Crippen LogP contribution in [-0.2, 0) is 9.59 Å². The minimum absolute atomic E-state index is 0.0366. The Bertz CT molecular complexity index is 537. The zero-order chi connectivity index (χ0) is 16.8. The van der Waals surface area contributed by atoms with Crippen molar-refractivity contribution in [3.8, 4) is 5.75 Å². The van der Waals surface area contributed by atoms with Crippen LogP contribution in [0, 0.1) is 0 Å². The fraction of sp³-hybridized carbons (Fsp3) is 0.529. The van der Waals surface area contributed by atoms with E-state index in [0.29, 0.717) is 19.7 Å². The molecule has 1 N–H and O–H groups in total. The van der Waals surface area contributed by atoms with Crippen molar-refractivity contribution in [3.63, 3.8) is 0 Å². The van der Waals surface area contributed by atoms with E-state index in [2.05, 4.69) is 10.2 Å². The lowest BCUT2D eigenvalue weighted by Gasteiger charge is -2.37. The van der Waals surface area contributed by atoms with Crippen LogP contribution in [0.1, 0.15) is 20.8 Å². The maximum Gasteiger partial charge on any atom is 0.241 e. The molecular formula is C17H25N3O3. The highest BCUT2D eigenvalue weighted by atomic mass is 16.5. The molecule has 23 heavy (non-hydrogen) atoms. The van der Waals surface area contributed by atoms with E-state index in [0.717, 1.165) is 24.5 Å². The first-order valence-corrected chi connectivity index (χ1v) is 8.04. The second-order valence-corrected chi connectivity index (χ2v) is 5.66. The number of hydrogen-bond donors (Lipinski definition) is 1. The van der Waals surface area contributed by atoms with Crippen LogP contribution in [-0.4, -0.2) is 60.4 Å². The standard InChI is InChI=1S/C17H25N3O3/c1-4-23-16-7-5-15(6-8-16)18-17(22)13(2)19-9-11-20(12-10-19)14(3)21/h5-8,13H,4,9-12H2,1-3H3,(H,18,22)/t13-/m0/s1. The van der Waals surface area contributed by atoms with E-state index in [-0.39, 0.29) is 17.9 Å². The van der Waals surface area contributed by atoms with Crippen molar-refractivity contribution >= 4 is 17.5 Å². The van der Waals surface area contributed by atoms with Crippen LogP contribution < -0.4 is 10.1 Å². The molecule has 0 radical (unpaired) electrons. The molecule has 0 bridgehead atoms. The van der Waals surface area contributed by atoms with E-state index in [1.165, 1.54) is 0 Å². The predicted molar refractivity (Wildman–Crippen MR) is 89.5 cm³/mol. The van der Waals surface area contributed by atoms with Gasteiger partial charge in [0.2, 0.25) is 11.8 Å². The molecule has 1 fully saturated rings. The first kappa shape index (κ1) is 17.3. The molecule has 0 unspecified atom stereocenters. The van der Waals surface area contributed by atoms with E-state index in [4.69, 9.17) is 4.74 Å². The van der Waals surface area contributed by atoms with Gasteiger partial charge in [-0.15, -0.1) is 0 Å². The van der Waals surface area contributed by atoms with Gasteiger partial charge in [-0.2, -0.15) is 0 Å². The number of rotatable bonds is 5. The summed E-state index contributed by atoms with van der Waals surface area (Å²) in [6.07, 6.45) is 0. The number of hydrogen-bond acceptors (Lipinski definition) is 4. The largest absolute Gasteiger partial charge is 0.494 e. The maximum absolute atomic E-state index is 12.4. The van der Waals surface area contributed by atoms with E-state index in [1.54, 1.807) is 6.92 Å². The Labute approximate surface area is 137 Å². The summed E-state index contributed by atoms with van der Waals surface area (Å²) >= 11 is 0. The van der Waals surface area contributed by atoms with Crippen molar-refractivity contribution in [3.05, 3.63) is 24.3 Å². The van der Waals surface area contributed by atoms with E-state index in [1.807, 2.05) is 43.0 Å². The second kappa shape index (κ2) is 7.97. The molecule has 0 saturated carbocycles. The SMILES string of the molecule is CCOc1ccc(NC(=O)[C@H](C)N2CCN(C(C)=O)CC2)cc1. The number of nitrogens with zero attached hydrogens (tertiary/aromatic N) is 2. The van der Waals surface area contributed by atoms with Crippen molar-refractivity contribution in [1.82, 2.24) is 9.80 Å². The average Bonchev–Trinajstić information content (AvgIpc) is 2.56. The van der Waals surface area contributed by atoms with Gasteiger partial charge in [0.1, 0.15) is 5.75 Å². The fourth-order valence-electron chi connectivity index (χ4n) is 2.64. The first-order chi connectivity index (χ1) is 11.0. The molecule has 126 valence electrons. The van der Waals surface area contributed by atoms with Crippen LogP contribution in [0.4, 0.5) is 5.69 Å². The minimum atomic E-state index is -0.226. The Morgan fingerprint density at radius 1 is 1.17 bits per heavy atom. The maximum atomic E-state index is 12.4. The third-order valence-corrected chi connectivity index (χ3v) is 4.12. The molecule has 1 saturated heterocycles. The number of benzene rings is 1. The highest BCUT2D eigenvalue weighted by Crippen LogP contribution is 2.16. The Hall–Kier alpha value is -2.08. The molecule has 1 aliphatic rings. The van der Waals surface area contributed by atoms with Crippen LogP contribution in [0.15, 0.2) is 24.3 Å². The number of ether oxygens (including phenoxy) is 1. The number of piperazine rings is 1. The summed E-state index contributed by atoms with van der Waals surface area (Å²) in [5.41, 5.74) is 0.757. The molecule has 0 aromatic heterocycles. The monoisotopic (exact) mass is 319 g/mol. The summed E-state index contributed by atoms with van der Waals surface area (Å²) in [4.78, 5) is 27.6. The third kappa shape index (κ3) is 4.69. The molecule has 1 aromatic rings. The van der Waals surface area contributed by atoms with Crippen LogP contribution in [0.5, 0.6) is 5.75 Å². The van der Waals surface area contributed by atoms with Gasteiger partial charge in [-0.05, 0) is 38.1 Å². The van der Waals surface area contributed by atoms with E-state index in [9.17, 15) is 9.59 Å².